The zero-order chi connectivity index (χ0) is 17.0. The average Bonchev–Trinajstić information content (AvgIpc) is 2.55. The molecule has 0 aliphatic rings. The number of non-ortho nitro benzene ring substituents is 1. The summed E-state index contributed by atoms with van der Waals surface area (Å²) in [4.78, 5) is 37.7. The van der Waals surface area contributed by atoms with Crippen LogP contribution in [0.25, 0.3) is 0 Å². The largest absolute Gasteiger partial charge is 0.504 e. The summed E-state index contributed by atoms with van der Waals surface area (Å²) in [6.45, 7) is 0. The number of benzene rings is 1. The number of hydrogen-bond acceptors (Lipinski definition) is 7. The number of aromatic hydroxyl groups is 1. The Morgan fingerprint density at radius 2 is 2.00 bits per heavy atom. The minimum Gasteiger partial charge on any atom is -0.504 e. The number of ether oxygens (including phenoxy) is 1. The van der Waals surface area contributed by atoms with Gasteiger partial charge in [0.25, 0.3) is 11.6 Å². The third-order valence-electron chi connectivity index (χ3n) is 2.83. The lowest BCUT2D eigenvalue weighted by Crippen LogP contribution is -2.14. The Kier molecular flexibility index (Phi) is 4.50. The number of rotatable bonds is 4. The molecule has 0 saturated heterocycles. The Morgan fingerprint density at radius 1 is 1.30 bits per heavy atom. The smallest absolute Gasteiger partial charge is 0.338 e. The topological polar surface area (TPSA) is 132 Å². The first-order valence-electron chi connectivity index (χ1n) is 6.25. The van der Waals surface area contributed by atoms with E-state index in [0.29, 0.717) is 0 Å². The van der Waals surface area contributed by atoms with E-state index in [1.807, 2.05) is 0 Å². The van der Waals surface area contributed by atoms with Gasteiger partial charge in [0.2, 0.25) is 0 Å². The highest BCUT2D eigenvalue weighted by atomic mass is 16.6. The van der Waals surface area contributed by atoms with Gasteiger partial charge in [-0.05, 0) is 18.2 Å². The molecule has 1 heterocycles. The van der Waals surface area contributed by atoms with Gasteiger partial charge in [0.1, 0.15) is 0 Å². The van der Waals surface area contributed by atoms with Crippen molar-refractivity contribution in [2.45, 2.75) is 0 Å². The van der Waals surface area contributed by atoms with E-state index in [0.717, 1.165) is 25.3 Å². The summed E-state index contributed by atoms with van der Waals surface area (Å²) in [6.07, 6.45) is 1.35. The summed E-state index contributed by atoms with van der Waals surface area (Å²) in [5.74, 6) is -1.96. The zero-order valence-electron chi connectivity index (χ0n) is 11.8. The van der Waals surface area contributed by atoms with Crippen molar-refractivity contribution in [1.82, 2.24) is 4.98 Å². The number of carbonyl (C=O) groups is 2. The standard InChI is InChI=1S/C14H11N3O6/c1-23-14(20)9-5-8(6-10(7-9)17(21)22)13(19)16-12-11(18)3-2-4-15-12/h2-7,18H,1H3,(H,15,16,19). The van der Waals surface area contributed by atoms with Gasteiger partial charge in [-0.3, -0.25) is 14.9 Å². The molecule has 0 aliphatic heterocycles. The van der Waals surface area contributed by atoms with E-state index >= 15 is 0 Å². The minimum absolute atomic E-state index is 0.108. The molecule has 118 valence electrons. The molecule has 9 heteroatoms. The molecule has 0 spiro atoms. The van der Waals surface area contributed by atoms with Crippen molar-refractivity contribution < 1.29 is 24.4 Å². The van der Waals surface area contributed by atoms with Gasteiger partial charge < -0.3 is 15.2 Å². The van der Waals surface area contributed by atoms with Gasteiger partial charge in [0.05, 0.1) is 17.6 Å². The fourth-order valence-electron chi connectivity index (χ4n) is 1.76. The van der Waals surface area contributed by atoms with Crippen LogP contribution in [0.4, 0.5) is 11.5 Å². The Balaban J connectivity index is 2.39. The van der Waals surface area contributed by atoms with Crippen molar-refractivity contribution in [3.63, 3.8) is 0 Å². The number of nitrogens with one attached hydrogen (secondary N) is 1. The number of nitro benzene ring substituents is 1. The number of aromatic nitrogens is 1. The first-order valence-corrected chi connectivity index (χ1v) is 6.25. The van der Waals surface area contributed by atoms with Crippen molar-refractivity contribution in [3.05, 3.63) is 57.8 Å². The summed E-state index contributed by atoms with van der Waals surface area (Å²) in [7, 11) is 1.12. The molecule has 23 heavy (non-hydrogen) atoms. The Labute approximate surface area is 129 Å². The molecular weight excluding hydrogens is 306 g/mol. The first kappa shape index (κ1) is 15.9. The molecule has 0 aliphatic carbocycles. The van der Waals surface area contributed by atoms with E-state index in [4.69, 9.17) is 0 Å². The van der Waals surface area contributed by atoms with Crippen LogP contribution in [0.5, 0.6) is 5.75 Å². The lowest BCUT2D eigenvalue weighted by Gasteiger charge is -2.07. The van der Waals surface area contributed by atoms with Crippen LogP contribution >= 0.6 is 0 Å². The molecule has 0 unspecified atom stereocenters. The van der Waals surface area contributed by atoms with Gasteiger partial charge in [-0.1, -0.05) is 0 Å². The van der Waals surface area contributed by atoms with Crippen LogP contribution < -0.4 is 5.32 Å². The van der Waals surface area contributed by atoms with Gasteiger partial charge in [0.15, 0.2) is 11.6 Å². The lowest BCUT2D eigenvalue weighted by molar-refractivity contribution is -0.384. The molecule has 0 fully saturated rings. The number of methoxy groups -OCH3 is 1. The second kappa shape index (κ2) is 6.52. The van der Waals surface area contributed by atoms with E-state index in [1.165, 1.54) is 18.3 Å². The summed E-state index contributed by atoms with van der Waals surface area (Å²) in [6, 6.07) is 5.93. The van der Waals surface area contributed by atoms with Crippen LogP contribution in [-0.4, -0.2) is 34.0 Å². The third-order valence-corrected chi connectivity index (χ3v) is 2.83. The molecule has 0 radical (unpaired) electrons. The number of esters is 1. The van der Waals surface area contributed by atoms with E-state index in [2.05, 4.69) is 15.0 Å². The predicted molar refractivity (Wildman–Crippen MR) is 78.3 cm³/mol. The minimum atomic E-state index is -0.816. The fraction of sp³-hybridized carbons (Fsp3) is 0.0714. The molecule has 0 saturated carbocycles. The number of nitro groups is 1. The first-order chi connectivity index (χ1) is 10.9. The van der Waals surface area contributed by atoms with E-state index in [9.17, 15) is 24.8 Å². The number of amides is 1. The monoisotopic (exact) mass is 317 g/mol. The Morgan fingerprint density at radius 3 is 2.61 bits per heavy atom. The van der Waals surface area contributed by atoms with Crippen molar-refractivity contribution in [1.29, 1.82) is 0 Å². The van der Waals surface area contributed by atoms with Crippen LogP contribution in [0.1, 0.15) is 20.7 Å². The SMILES string of the molecule is COC(=O)c1cc(C(=O)Nc2ncccc2O)cc([N+](=O)[O-])c1. The van der Waals surface area contributed by atoms with Crippen LogP contribution in [0.2, 0.25) is 0 Å². The Bertz CT molecular complexity index is 790. The Hall–Kier alpha value is -3.49. The van der Waals surface area contributed by atoms with Crippen LogP contribution in [0.3, 0.4) is 0 Å². The summed E-state index contributed by atoms with van der Waals surface area (Å²) >= 11 is 0. The quantitative estimate of drug-likeness (QED) is 0.498. The number of anilines is 1. The van der Waals surface area contributed by atoms with Crippen molar-refractivity contribution >= 4 is 23.4 Å². The van der Waals surface area contributed by atoms with E-state index < -0.39 is 22.5 Å². The average molecular weight is 317 g/mol. The highest BCUT2D eigenvalue weighted by Crippen LogP contribution is 2.22. The van der Waals surface area contributed by atoms with Gasteiger partial charge >= 0.3 is 5.97 Å². The zero-order valence-corrected chi connectivity index (χ0v) is 11.8. The number of hydrogen-bond donors (Lipinski definition) is 2. The highest BCUT2D eigenvalue weighted by molar-refractivity contribution is 6.06. The molecule has 0 bridgehead atoms. The van der Waals surface area contributed by atoms with Crippen molar-refractivity contribution in [2.24, 2.45) is 0 Å². The van der Waals surface area contributed by atoms with Crippen molar-refractivity contribution in [3.8, 4) is 5.75 Å². The number of pyridine rings is 1. The van der Waals surface area contributed by atoms with E-state index in [-0.39, 0.29) is 22.7 Å². The second-order valence-corrected chi connectivity index (χ2v) is 4.34. The summed E-state index contributed by atoms with van der Waals surface area (Å²) < 4.78 is 4.50. The molecule has 2 rings (SSSR count). The normalized spacial score (nSPS) is 9.96. The van der Waals surface area contributed by atoms with Crippen LogP contribution in [0, 0.1) is 10.1 Å². The molecule has 9 nitrogen and oxygen atoms in total. The highest BCUT2D eigenvalue weighted by Gasteiger charge is 2.19. The molecule has 1 amide bonds. The predicted octanol–water partition coefficient (Wildman–Crippen LogP) is 1.73. The van der Waals surface area contributed by atoms with Gasteiger partial charge in [0, 0.05) is 23.9 Å². The summed E-state index contributed by atoms with van der Waals surface area (Å²) in [5.41, 5.74) is -0.731. The van der Waals surface area contributed by atoms with Gasteiger partial charge in [-0.2, -0.15) is 0 Å². The second-order valence-electron chi connectivity index (χ2n) is 4.34. The third kappa shape index (κ3) is 3.59. The number of nitrogens with zero attached hydrogens (tertiary/aromatic N) is 2. The number of carbonyl (C=O) groups excluding carboxylic acids is 2. The van der Waals surface area contributed by atoms with E-state index in [1.54, 1.807) is 0 Å². The molecular formula is C14H11N3O6. The maximum atomic E-state index is 12.2. The maximum Gasteiger partial charge on any atom is 0.338 e. The molecule has 2 N–H and O–H groups in total. The maximum absolute atomic E-state index is 12.2. The lowest BCUT2D eigenvalue weighted by atomic mass is 10.1. The fourth-order valence-corrected chi connectivity index (χ4v) is 1.76. The molecule has 2 aromatic rings. The molecule has 1 aromatic carbocycles. The molecule has 0 atom stereocenters. The van der Waals surface area contributed by atoms with Crippen molar-refractivity contribution in [2.75, 3.05) is 12.4 Å². The van der Waals surface area contributed by atoms with Crippen LogP contribution in [-0.2, 0) is 4.74 Å². The summed E-state index contributed by atoms with van der Waals surface area (Å²) in [5, 5.41) is 22.8. The van der Waals surface area contributed by atoms with Gasteiger partial charge in [-0.15, -0.1) is 0 Å². The van der Waals surface area contributed by atoms with Gasteiger partial charge in [-0.25, -0.2) is 9.78 Å². The molecule has 1 aromatic heterocycles. The van der Waals surface area contributed by atoms with Crippen LogP contribution in [0.15, 0.2) is 36.5 Å².